The standard InChI is InChI=1S/C16H32N2OS/c1-11(2)9-12(13(19)15(3,4)5)14(20)17-10-18-16(6,7)8/h11-12,18H,9-10H2,1-8H3,(H,17,20)/t12-/m0/s1. The van der Waals surface area contributed by atoms with Crippen molar-refractivity contribution in [3.63, 3.8) is 0 Å². The average molecular weight is 301 g/mol. The lowest BCUT2D eigenvalue weighted by Crippen LogP contribution is -2.47. The first-order valence-electron chi connectivity index (χ1n) is 7.41. The lowest BCUT2D eigenvalue weighted by atomic mass is 9.79. The third-order valence-electron chi connectivity index (χ3n) is 2.96. The first kappa shape index (κ1) is 19.5. The van der Waals surface area contributed by atoms with Crippen molar-refractivity contribution in [3.05, 3.63) is 0 Å². The maximum absolute atomic E-state index is 12.6. The van der Waals surface area contributed by atoms with E-state index in [1.807, 2.05) is 20.8 Å². The molecule has 0 bridgehead atoms. The van der Waals surface area contributed by atoms with Gasteiger partial charge in [-0.15, -0.1) is 0 Å². The number of ketones is 1. The maximum Gasteiger partial charge on any atom is 0.148 e. The van der Waals surface area contributed by atoms with Gasteiger partial charge in [0, 0.05) is 11.0 Å². The molecule has 0 fully saturated rings. The number of nitrogens with one attached hydrogen (secondary N) is 2. The minimum absolute atomic E-state index is 0.0319. The van der Waals surface area contributed by atoms with Crippen LogP contribution in [0.1, 0.15) is 61.8 Å². The van der Waals surface area contributed by atoms with E-state index in [9.17, 15) is 4.79 Å². The van der Waals surface area contributed by atoms with E-state index in [2.05, 4.69) is 45.3 Å². The molecule has 0 aliphatic heterocycles. The van der Waals surface area contributed by atoms with Crippen LogP contribution in [-0.4, -0.2) is 23.0 Å². The number of Topliss-reactive ketones (excluding diaryl/α,β-unsaturated/α-hetero) is 1. The molecule has 20 heavy (non-hydrogen) atoms. The zero-order chi connectivity index (χ0) is 16.1. The lowest BCUT2D eigenvalue weighted by molar-refractivity contribution is -0.128. The van der Waals surface area contributed by atoms with Crippen molar-refractivity contribution in [2.24, 2.45) is 17.3 Å². The Hall–Kier alpha value is -0.480. The molecule has 4 heteroatoms. The van der Waals surface area contributed by atoms with E-state index in [0.717, 1.165) is 6.42 Å². The molecule has 0 heterocycles. The van der Waals surface area contributed by atoms with Crippen LogP contribution in [0.3, 0.4) is 0 Å². The molecule has 0 rings (SSSR count). The van der Waals surface area contributed by atoms with E-state index < -0.39 is 0 Å². The summed E-state index contributed by atoms with van der Waals surface area (Å²) in [5.74, 6) is 0.479. The zero-order valence-corrected chi connectivity index (χ0v) is 15.2. The van der Waals surface area contributed by atoms with Gasteiger partial charge in [0.15, 0.2) is 0 Å². The van der Waals surface area contributed by atoms with Gasteiger partial charge in [-0.25, -0.2) is 0 Å². The lowest BCUT2D eigenvalue weighted by Gasteiger charge is -2.28. The number of carbonyl (C=O) groups is 1. The Morgan fingerprint density at radius 1 is 1.10 bits per heavy atom. The fourth-order valence-electron chi connectivity index (χ4n) is 1.85. The number of hydrogen-bond donors (Lipinski definition) is 2. The van der Waals surface area contributed by atoms with Crippen LogP contribution in [0.4, 0.5) is 0 Å². The summed E-state index contributed by atoms with van der Waals surface area (Å²) in [6.07, 6.45) is 0.803. The molecule has 0 unspecified atom stereocenters. The van der Waals surface area contributed by atoms with E-state index in [1.54, 1.807) is 0 Å². The van der Waals surface area contributed by atoms with Crippen molar-refractivity contribution in [2.45, 2.75) is 67.3 Å². The summed E-state index contributed by atoms with van der Waals surface area (Å²) in [5, 5.41) is 6.53. The molecule has 3 nitrogen and oxygen atoms in total. The van der Waals surface area contributed by atoms with Crippen LogP contribution in [0.5, 0.6) is 0 Å². The summed E-state index contributed by atoms with van der Waals surface area (Å²) in [6.45, 7) is 17.0. The van der Waals surface area contributed by atoms with Gasteiger partial charge >= 0.3 is 0 Å². The van der Waals surface area contributed by atoms with Crippen molar-refractivity contribution in [1.82, 2.24) is 10.6 Å². The second kappa shape index (κ2) is 7.51. The van der Waals surface area contributed by atoms with Gasteiger partial charge in [0.1, 0.15) is 5.78 Å². The molecule has 0 aromatic carbocycles. The highest BCUT2D eigenvalue weighted by Gasteiger charge is 2.32. The smallest absolute Gasteiger partial charge is 0.148 e. The Labute approximate surface area is 130 Å². The zero-order valence-electron chi connectivity index (χ0n) is 14.4. The molecule has 0 amide bonds. The van der Waals surface area contributed by atoms with Gasteiger partial charge < -0.3 is 5.32 Å². The molecule has 118 valence electrons. The molecule has 0 aliphatic rings. The fraction of sp³-hybridized carbons (Fsp3) is 0.875. The van der Waals surface area contributed by atoms with Crippen LogP contribution < -0.4 is 10.6 Å². The van der Waals surface area contributed by atoms with Gasteiger partial charge in [0.25, 0.3) is 0 Å². The summed E-state index contributed by atoms with van der Waals surface area (Å²) in [6, 6.07) is 0. The van der Waals surface area contributed by atoms with E-state index in [1.165, 1.54) is 0 Å². The number of thiocarbonyl (C=S) groups is 1. The Kier molecular flexibility index (Phi) is 7.33. The SMILES string of the molecule is CC(C)C[C@@H](C(=O)C(C)(C)C)C(=S)NCNC(C)(C)C. The van der Waals surface area contributed by atoms with Gasteiger partial charge in [0.2, 0.25) is 0 Å². The predicted octanol–water partition coefficient (Wildman–Crippen LogP) is 3.53. The van der Waals surface area contributed by atoms with Crippen LogP contribution in [0, 0.1) is 17.3 Å². The van der Waals surface area contributed by atoms with Gasteiger partial charge in [-0.1, -0.05) is 46.8 Å². The molecular weight excluding hydrogens is 268 g/mol. The normalized spacial score (nSPS) is 14.2. The topological polar surface area (TPSA) is 41.1 Å². The highest BCUT2D eigenvalue weighted by molar-refractivity contribution is 7.80. The van der Waals surface area contributed by atoms with Crippen molar-refractivity contribution in [2.75, 3.05) is 6.67 Å². The van der Waals surface area contributed by atoms with Crippen molar-refractivity contribution in [3.8, 4) is 0 Å². The van der Waals surface area contributed by atoms with Crippen LogP contribution in [0.25, 0.3) is 0 Å². The first-order chi connectivity index (χ1) is 8.84. The third-order valence-corrected chi connectivity index (χ3v) is 3.39. The van der Waals surface area contributed by atoms with Gasteiger partial charge in [0.05, 0.1) is 17.6 Å². The maximum atomic E-state index is 12.6. The van der Waals surface area contributed by atoms with Crippen molar-refractivity contribution in [1.29, 1.82) is 0 Å². The summed E-state index contributed by atoms with van der Waals surface area (Å²) in [7, 11) is 0. The van der Waals surface area contributed by atoms with E-state index in [4.69, 9.17) is 12.2 Å². The second-order valence-corrected chi connectivity index (χ2v) is 8.38. The summed E-state index contributed by atoms with van der Waals surface area (Å²) in [4.78, 5) is 13.2. The largest absolute Gasteiger partial charge is 0.366 e. The molecular formula is C16H32N2OS. The fourth-order valence-corrected chi connectivity index (χ4v) is 2.12. The predicted molar refractivity (Wildman–Crippen MR) is 90.9 cm³/mol. The molecule has 0 saturated heterocycles. The Morgan fingerprint density at radius 3 is 1.95 bits per heavy atom. The average Bonchev–Trinajstić information content (AvgIpc) is 2.21. The monoisotopic (exact) mass is 300 g/mol. The molecule has 2 N–H and O–H groups in total. The second-order valence-electron chi connectivity index (χ2n) is 7.94. The third kappa shape index (κ3) is 7.95. The molecule has 0 radical (unpaired) electrons. The molecule has 0 aromatic heterocycles. The van der Waals surface area contributed by atoms with Crippen LogP contribution in [0.2, 0.25) is 0 Å². The first-order valence-corrected chi connectivity index (χ1v) is 7.82. The minimum atomic E-state index is -0.358. The molecule has 0 spiro atoms. The van der Waals surface area contributed by atoms with Crippen LogP contribution in [0.15, 0.2) is 0 Å². The van der Waals surface area contributed by atoms with Crippen molar-refractivity contribution >= 4 is 23.0 Å². The van der Waals surface area contributed by atoms with Crippen LogP contribution >= 0.6 is 12.2 Å². The summed E-state index contributed by atoms with van der Waals surface area (Å²) < 4.78 is 0. The molecule has 0 aliphatic carbocycles. The van der Waals surface area contributed by atoms with Gasteiger partial charge in [-0.05, 0) is 33.1 Å². The van der Waals surface area contributed by atoms with Crippen molar-refractivity contribution < 1.29 is 4.79 Å². The summed E-state index contributed by atoms with van der Waals surface area (Å²) >= 11 is 5.46. The van der Waals surface area contributed by atoms with E-state index >= 15 is 0 Å². The quantitative estimate of drug-likeness (QED) is 0.581. The Balaban J connectivity index is 4.71. The van der Waals surface area contributed by atoms with Crippen LogP contribution in [-0.2, 0) is 4.79 Å². The Bertz CT molecular complexity index is 337. The number of rotatable bonds is 6. The molecule has 0 saturated carbocycles. The highest BCUT2D eigenvalue weighted by atomic mass is 32.1. The van der Waals surface area contributed by atoms with E-state index in [-0.39, 0.29) is 22.7 Å². The number of hydrogen-bond acceptors (Lipinski definition) is 3. The van der Waals surface area contributed by atoms with Gasteiger partial charge in [-0.2, -0.15) is 0 Å². The van der Waals surface area contributed by atoms with Gasteiger partial charge in [-0.3, -0.25) is 10.1 Å². The Morgan fingerprint density at radius 2 is 1.60 bits per heavy atom. The van der Waals surface area contributed by atoms with E-state index in [0.29, 0.717) is 17.6 Å². The summed E-state index contributed by atoms with van der Waals surface area (Å²) in [5.41, 5.74) is -0.326. The number of carbonyl (C=O) groups excluding carboxylic acids is 1. The minimum Gasteiger partial charge on any atom is -0.366 e. The molecule has 0 aromatic rings. The molecule has 1 atom stereocenters. The highest BCUT2D eigenvalue weighted by Crippen LogP contribution is 2.25.